The van der Waals surface area contributed by atoms with E-state index >= 15 is 0 Å². The molecule has 3 nitrogen and oxygen atoms in total. The van der Waals surface area contributed by atoms with Gasteiger partial charge in [-0.15, -0.1) is 0 Å². The third-order valence-corrected chi connectivity index (χ3v) is 4.69. The highest BCUT2D eigenvalue weighted by Gasteiger charge is 2.15. The number of aromatic amines is 1. The van der Waals surface area contributed by atoms with Crippen LogP contribution in [-0.2, 0) is 0 Å². The molecule has 0 saturated heterocycles. The number of rotatable bonds is 3. The summed E-state index contributed by atoms with van der Waals surface area (Å²) < 4.78 is 1.04. The Bertz CT molecular complexity index is 994. The first-order valence-electron chi connectivity index (χ1n) is 7.73. The van der Waals surface area contributed by atoms with Gasteiger partial charge in [-0.05, 0) is 48.5 Å². The van der Waals surface area contributed by atoms with Crippen molar-refractivity contribution in [1.82, 2.24) is 15.0 Å². The highest BCUT2D eigenvalue weighted by atomic mass is 79.9. The third kappa shape index (κ3) is 3.36. The molecule has 0 amide bonds. The number of nitrogens with one attached hydrogen (secondary N) is 1. The van der Waals surface area contributed by atoms with Gasteiger partial charge in [-0.25, -0.2) is 4.98 Å². The number of benzene rings is 2. The van der Waals surface area contributed by atoms with E-state index in [0.717, 1.165) is 38.4 Å². The van der Waals surface area contributed by atoms with Crippen LogP contribution >= 0.6 is 27.5 Å². The van der Waals surface area contributed by atoms with Crippen LogP contribution in [0, 0.1) is 0 Å². The van der Waals surface area contributed by atoms with Crippen molar-refractivity contribution >= 4 is 27.5 Å². The fraction of sp³-hybridized carbons (Fsp3) is 0. The minimum Gasteiger partial charge on any atom is -0.337 e. The number of aromatic nitrogens is 3. The molecule has 122 valence electrons. The van der Waals surface area contributed by atoms with Crippen LogP contribution in [0.25, 0.3) is 33.9 Å². The van der Waals surface area contributed by atoms with Gasteiger partial charge in [0.05, 0.1) is 11.4 Å². The van der Waals surface area contributed by atoms with Crippen molar-refractivity contribution in [3.05, 3.63) is 82.6 Å². The molecule has 0 aliphatic carbocycles. The molecule has 0 radical (unpaired) electrons. The van der Waals surface area contributed by atoms with E-state index in [1.54, 1.807) is 12.4 Å². The highest BCUT2D eigenvalue weighted by molar-refractivity contribution is 9.10. The van der Waals surface area contributed by atoms with Crippen LogP contribution in [0.2, 0.25) is 5.02 Å². The Labute approximate surface area is 158 Å². The predicted molar refractivity (Wildman–Crippen MR) is 105 cm³/mol. The van der Waals surface area contributed by atoms with E-state index in [1.807, 2.05) is 48.5 Å². The number of imidazole rings is 1. The Hall–Kier alpha value is -2.43. The van der Waals surface area contributed by atoms with Gasteiger partial charge in [-0.3, -0.25) is 4.98 Å². The number of hydrogen-bond acceptors (Lipinski definition) is 2. The zero-order chi connectivity index (χ0) is 17.2. The Morgan fingerprint density at radius 3 is 2.08 bits per heavy atom. The minimum atomic E-state index is 0.706. The molecule has 2 heterocycles. The molecule has 2 aromatic carbocycles. The summed E-state index contributed by atoms with van der Waals surface area (Å²) in [7, 11) is 0. The summed E-state index contributed by atoms with van der Waals surface area (Å²) in [5, 5.41) is 0.706. The molecule has 5 heteroatoms. The van der Waals surface area contributed by atoms with E-state index in [0.29, 0.717) is 5.02 Å². The molecule has 25 heavy (non-hydrogen) atoms. The maximum Gasteiger partial charge on any atom is 0.138 e. The van der Waals surface area contributed by atoms with Crippen molar-refractivity contribution in [3.63, 3.8) is 0 Å². The first-order chi connectivity index (χ1) is 12.2. The summed E-state index contributed by atoms with van der Waals surface area (Å²) >= 11 is 9.48. The van der Waals surface area contributed by atoms with Crippen molar-refractivity contribution in [2.45, 2.75) is 0 Å². The number of H-pyrrole nitrogens is 1. The largest absolute Gasteiger partial charge is 0.337 e. The lowest BCUT2D eigenvalue weighted by Crippen LogP contribution is -1.84. The van der Waals surface area contributed by atoms with Gasteiger partial charge in [-0.2, -0.15) is 0 Å². The molecule has 2 aromatic heterocycles. The average Bonchev–Trinajstić information content (AvgIpc) is 3.09. The van der Waals surface area contributed by atoms with Crippen LogP contribution in [0.1, 0.15) is 0 Å². The minimum absolute atomic E-state index is 0.706. The first kappa shape index (κ1) is 16.1. The maximum absolute atomic E-state index is 6.00. The van der Waals surface area contributed by atoms with Gasteiger partial charge in [0.15, 0.2) is 0 Å². The normalized spacial score (nSPS) is 10.8. The third-order valence-electron chi connectivity index (χ3n) is 3.91. The molecule has 0 spiro atoms. The lowest BCUT2D eigenvalue weighted by molar-refractivity contribution is 1.30. The van der Waals surface area contributed by atoms with Crippen molar-refractivity contribution < 1.29 is 0 Å². The monoisotopic (exact) mass is 409 g/mol. The molecule has 0 saturated carbocycles. The summed E-state index contributed by atoms with van der Waals surface area (Å²) in [5.74, 6) is 0.807. The number of pyridine rings is 1. The summed E-state index contributed by atoms with van der Waals surface area (Å²) in [6.45, 7) is 0. The zero-order valence-corrected chi connectivity index (χ0v) is 15.4. The van der Waals surface area contributed by atoms with Crippen LogP contribution in [0.4, 0.5) is 0 Å². The topological polar surface area (TPSA) is 41.6 Å². The predicted octanol–water partition coefficient (Wildman–Crippen LogP) is 6.22. The smallest absolute Gasteiger partial charge is 0.138 e. The SMILES string of the molecule is Clc1ccc(-c2nc(-c3ccc(Br)cc3)c(-c3ccncc3)[nH]2)cc1. The van der Waals surface area contributed by atoms with Crippen molar-refractivity contribution in [2.24, 2.45) is 0 Å². The van der Waals surface area contributed by atoms with E-state index in [-0.39, 0.29) is 0 Å². The fourth-order valence-corrected chi connectivity index (χ4v) is 3.05. The second-order valence-corrected chi connectivity index (χ2v) is 6.91. The second-order valence-electron chi connectivity index (χ2n) is 5.56. The molecule has 0 bridgehead atoms. The summed E-state index contributed by atoms with van der Waals surface area (Å²) in [6, 6.07) is 19.7. The quantitative estimate of drug-likeness (QED) is 0.435. The lowest BCUT2D eigenvalue weighted by atomic mass is 10.1. The number of hydrogen-bond donors (Lipinski definition) is 1. The Kier molecular flexibility index (Phi) is 4.38. The molecule has 0 aliphatic heterocycles. The highest BCUT2D eigenvalue weighted by Crippen LogP contribution is 2.33. The molecule has 4 aromatic rings. The number of halogens is 2. The zero-order valence-electron chi connectivity index (χ0n) is 13.1. The molecule has 4 rings (SSSR count). The van der Waals surface area contributed by atoms with Gasteiger partial charge >= 0.3 is 0 Å². The van der Waals surface area contributed by atoms with Crippen molar-refractivity contribution in [3.8, 4) is 33.9 Å². The Morgan fingerprint density at radius 2 is 1.40 bits per heavy atom. The van der Waals surface area contributed by atoms with Crippen molar-refractivity contribution in [1.29, 1.82) is 0 Å². The van der Waals surface area contributed by atoms with Crippen LogP contribution in [0.15, 0.2) is 77.5 Å². The van der Waals surface area contributed by atoms with Crippen LogP contribution < -0.4 is 0 Å². The summed E-state index contributed by atoms with van der Waals surface area (Å²) in [4.78, 5) is 12.4. The van der Waals surface area contributed by atoms with Gasteiger partial charge in [0, 0.05) is 38.6 Å². The standard InChI is InChI=1S/C20H13BrClN3/c21-16-5-1-13(2-6-16)18-19(14-9-11-23-12-10-14)25-20(24-18)15-3-7-17(22)8-4-15/h1-12H,(H,24,25). The van der Waals surface area contributed by atoms with E-state index in [9.17, 15) is 0 Å². The molecule has 0 aliphatic rings. The van der Waals surface area contributed by atoms with Gasteiger partial charge < -0.3 is 4.98 Å². The van der Waals surface area contributed by atoms with Gasteiger partial charge in [0.2, 0.25) is 0 Å². The van der Waals surface area contributed by atoms with Crippen LogP contribution in [-0.4, -0.2) is 15.0 Å². The van der Waals surface area contributed by atoms with Crippen molar-refractivity contribution in [2.75, 3.05) is 0 Å². The van der Waals surface area contributed by atoms with E-state index in [4.69, 9.17) is 16.6 Å². The molecule has 0 atom stereocenters. The average molecular weight is 411 g/mol. The molecule has 0 unspecified atom stereocenters. The Morgan fingerprint density at radius 1 is 0.760 bits per heavy atom. The van der Waals surface area contributed by atoms with E-state index in [2.05, 4.69) is 38.0 Å². The molecular formula is C20H13BrClN3. The fourth-order valence-electron chi connectivity index (χ4n) is 2.66. The number of nitrogens with zero attached hydrogens (tertiary/aromatic N) is 2. The van der Waals surface area contributed by atoms with Crippen LogP contribution in [0.5, 0.6) is 0 Å². The van der Waals surface area contributed by atoms with E-state index < -0.39 is 0 Å². The molecular weight excluding hydrogens is 398 g/mol. The summed E-state index contributed by atoms with van der Waals surface area (Å²) in [5.41, 5.74) is 4.95. The van der Waals surface area contributed by atoms with E-state index in [1.165, 1.54) is 0 Å². The summed E-state index contributed by atoms with van der Waals surface area (Å²) in [6.07, 6.45) is 3.56. The lowest BCUT2D eigenvalue weighted by Gasteiger charge is -2.03. The molecule has 0 fully saturated rings. The maximum atomic E-state index is 6.00. The van der Waals surface area contributed by atoms with Gasteiger partial charge in [0.25, 0.3) is 0 Å². The second kappa shape index (κ2) is 6.82. The van der Waals surface area contributed by atoms with Gasteiger partial charge in [-0.1, -0.05) is 39.7 Å². The Balaban J connectivity index is 1.89. The van der Waals surface area contributed by atoms with Gasteiger partial charge in [0.1, 0.15) is 5.82 Å². The molecule has 1 N–H and O–H groups in total. The van der Waals surface area contributed by atoms with Crippen LogP contribution in [0.3, 0.4) is 0 Å². The first-order valence-corrected chi connectivity index (χ1v) is 8.90.